The summed E-state index contributed by atoms with van der Waals surface area (Å²) >= 11 is 0. The molecule has 0 aliphatic carbocycles. The normalized spacial score (nSPS) is 15.1. The number of hydrogen-bond acceptors (Lipinski definition) is 2. The molecule has 0 atom stereocenters. The Bertz CT molecular complexity index is 936. The van der Waals surface area contributed by atoms with E-state index in [1.807, 2.05) is 12.1 Å². The van der Waals surface area contributed by atoms with E-state index in [2.05, 4.69) is 39.5 Å². The van der Waals surface area contributed by atoms with Gasteiger partial charge in [-0.3, -0.25) is 9.69 Å². The number of anilines is 2. The zero-order valence-corrected chi connectivity index (χ0v) is 15.0. The number of para-hydroxylation sites is 1. The van der Waals surface area contributed by atoms with E-state index in [4.69, 9.17) is 0 Å². The van der Waals surface area contributed by atoms with Gasteiger partial charge in [-0.2, -0.15) is 0 Å². The number of aromatic nitrogens is 1. The maximum atomic E-state index is 12.9. The average molecular weight is 366 g/mol. The van der Waals surface area contributed by atoms with E-state index in [0.29, 0.717) is 12.2 Å². The molecule has 0 radical (unpaired) electrons. The van der Waals surface area contributed by atoms with Gasteiger partial charge in [0.15, 0.2) is 6.54 Å². The Morgan fingerprint density at radius 3 is 2.56 bits per heavy atom. The summed E-state index contributed by atoms with van der Waals surface area (Å²) in [6.45, 7) is 4.02. The Hall–Kier alpha value is -2.99. The number of fused-ring (bicyclic) bond motifs is 1. The van der Waals surface area contributed by atoms with Crippen LogP contribution in [0, 0.1) is 5.82 Å². The molecule has 1 saturated heterocycles. The highest BCUT2D eigenvalue weighted by molar-refractivity contribution is 5.91. The van der Waals surface area contributed by atoms with Gasteiger partial charge in [-0.25, -0.2) is 9.37 Å². The van der Waals surface area contributed by atoms with E-state index in [1.165, 1.54) is 22.4 Å². The molecule has 1 aliphatic rings. The highest BCUT2D eigenvalue weighted by Crippen LogP contribution is 2.13. The number of H-pyrrole nitrogens is 1. The number of rotatable bonds is 4. The lowest BCUT2D eigenvalue weighted by atomic mass is 10.2. The van der Waals surface area contributed by atoms with Crippen LogP contribution < -0.4 is 20.1 Å². The van der Waals surface area contributed by atoms with Gasteiger partial charge in [-0.15, -0.1) is 0 Å². The predicted octanol–water partition coefficient (Wildman–Crippen LogP) is 1.14. The first-order valence-corrected chi connectivity index (χ1v) is 9.22. The van der Waals surface area contributed by atoms with Gasteiger partial charge < -0.3 is 10.2 Å². The maximum absolute atomic E-state index is 12.9. The Kier molecular flexibility index (Phi) is 4.98. The van der Waals surface area contributed by atoms with Crippen molar-refractivity contribution in [3.8, 4) is 0 Å². The van der Waals surface area contributed by atoms with E-state index in [9.17, 15) is 9.18 Å². The maximum Gasteiger partial charge on any atom is 0.279 e. The van der Waals surface area contributed by atoms with Crippen LogP contribution in [-0.2, 0) is 4.79 Å². The van der Waals surface area contributed by atoms with Crippen molar-refractivity contribution in [1.82, 2.24) is 0 Å². The molecule has 1 aromatic heterocycles. The number of carbonyl (C=O) groups excluding carboxylic acids is 1. The minimum absolute atomic E-state index is 0.0395. The van der Waals surface area contributed by atoms with Crippen molar-refractivity contribution < 1.29 is 19.1 Å². The first-order chi connectivity index (χ1) is 13.2. The molecule has 1 aliphatic heterocycles. The van der Waals surface area contributed by atoms with Crippen molar-refractivity contribution in [1.29, 1.82) is 0 Å². The van der Waals surface area contributed by atoms with Gasteiger partial charge >= 0.3 is 0 Å². The summed E-state index contributed by atoms with van der Waals surface area (Å²) in [5.74, 6) is 0.770. The van der Waals surface area contributed by atoms with Gasteiger partial charge in [-0.05, 0) is 36.4 Å². The molecule has 0 bridgehead atoms. The fourth-order valence-electron chi connectivity index (χ4n) is 3.50. The summed E-state index contributed by atoms with van der Waals surface area (Å²) in [4.78, 5) is 19.3. The Balaban J connectivity index is 1.31. The lowest BCUT2D eigenvalue weighted by Crippen LogP contribution is -3.15. The van der Waals surface area contributed by atoms with Crippen molar-refractivity contribution in [3.63, 3.8) is 0 Å². The van der Waals surface area contributed by atoms with Gasteiger partial charge in [0.05, 0.1) is 0 Å². The smallest absolute Gasteiger partial charge is 0.279 e. The van der Waals surface area contributed by atoms with Crippen LogP contribution in [0.4, 0.5) is 15.9 Å². The minimum Gasteiger partial charge on any atom is -0.321 e. The molecule has 6 heteroatoms. The molecule has 2 aromatic carbocycles. The van der Waals surface area contributed by atoms with Crippen molar-refractivity contribution in [2.75, 3.05) is 42.9 Å². The van der Waals surface area contributed by atoms with Crippen LogP contribution in [0.25, 0.3) is 10.9 Å². The zero-order chi connectivity index (χ0) is 18.6. The number of piperazine rings is 1. The third-order valence-corrected chi connectivity index (χ3v) is 4.99. The Morgan fingerprint density at radius 2 is 1.78 bits per heavy atom. The topological polar surface area (TPSA) is 50.9 Å². The van der Waals surface area contributed by atoms with Crippen LogP contribution in [-0.4, -0.2) is 38.6 Å². The fraction of sp³-hybridized carbons (Fsp3) is 0.238. The molecular weight excluding hydrogens is 343 g/mol. The van der Waals surface area contributed by atoms with Crippen molar-refractivity contribution in [2.24, 2.45) is 0 Å². The van der Waals surface area contributed by atoms with Crippen LogP contribution in [0.3, 0.4) is 0 Å². The van der Waals surface area contributed by atoms with Gasteiger partial charge in [0.1, 0.15) is 37.5 Å². The third kappa shape index (κ3) is 4.23. The number of nitrogens with one attached hydrogen (secondary N) is 3. The molecule has 138 valence electrons. The molecule has 0 unspecified atom stereocenters. The second-order valence-corrected chi connectivity index (χ2v) is 6.90. The average Bonchev–Trinajstić information content (AvgIpc) is 2.70. The van der Waals surface area contributed by atoms with Crippen LogP contribution in [0.5, 0.6) is 0 Å². The van der Waals surface area contributed by atoms with Crippen LogP contribution >= 0.6 is 0 Å². The zero-order valence-electron chi connectivity index (χ0n) is 15.0. The van der Waals surface area contributed by atoms with Gasteiger partial charge in [0.25, 0.3) is 11.7 Å². The lowest BCUT2D eigenvalue weighted by molar-refractivity contribution is -0.892. The standard InChI is InChI=1S/C21H21FN4O/c22-17-6-8-18(9-7-17)23-21(27)15-25-11-13-26(14-12-25)20-10-5-16-3-1-2-4-19(16)24-20/h1-10H,11-15H2,(H,23,27)/p+2. The number of benzene rings is 2. The Labute approximate surface area is 157 Å². The second-order valence-electron chi connectivity index (χ2n) is 6.90. The monoisotopic (exact) mass is 366 g/mol. The molecule has 1 fully saturated rings. The molecule has 1 amide bonds. The van der Waals surface area contributed by atoms with E-state index in [1.54, 1.807) is 12.1 Å². The summed E-state index contributed by atoms with van der Waals surface area (Å²) in [5, 5.41) is 4.03. The number of quaternary nitrogens is 1. The van der Waals surface area contributed by atoms with Crippen molar-refractivity contribution in [3.05, 3.63) is 66.5 Å². The number of aromatic amines is 1. The molecule has 3 aromatic rings. The summed E-state index contributed by atoms with van der Waals surface area (Å²) in [7, 11) is 0. The summed E-state index contributed by atoms with van der Waals surface area (Å²) in [6.07, 6.45) is 0. The molecular formula is C21H23FN4O+2. The van der Waals surface area contributed by atoms with Crippen LogP contribution in [0.15, 0.2) is 60.7 Å². The fourth-order valence-corrected chi connectivity index (χ4v) is 3.50. The molecule has 0 saturated carbocycles. The second kappa shape index (κ2) is 7.72. The highest BCUT2D eigenvalue weighted by Gasteiger charge is 2.27. The van der Waals surface area contributed by atoms with E-state index >= 15 is 0 Å². The summed E-state index contributed by atoms with van der Waals surface area (Å²) in [5.41, 5.74) is 1.76. The van der Waals surface area contributed by atoms with Gasteiger partial charge in [-0.1, -0.05) is 18.2 Å². The number of halogens is 1. The van der Waals surface area contributed by atoms with Crippen LogP contribution in [0.2, 0.25) is 0 Å². The molecule has 0 spiro atoms. The number of hydrogen-bond donors (Lipinski definition) is 2. The van der Waals surface area contributed by atoms with E-state index in [0.717, 1.165) is 37.5 Å². The highest BCUT2D eigenvalue weighted by atomic mass is 19.1. The Morgan fingerprint density at radius 1 is 1.04 bits per heavy atom. The third-order valence-electron chi connectivity index (χ3n) is 4.99. The summed E-state index contributed by atoms with van der Waals surface area (Å²) in [6, 6.07) is 18.4. The largest absolute Gasteiger partial charge is 0.321 e. The quantitative estimate of drug-likeness (QED) is 0.728. The first-order valence-electron chi connectivity index (χ1n) is 9.22. The van der Waals surface area contributed by atoms with Crippen molar-refractivity contribution in [2.45, 2.75) is 0 Å². The molecule has 5 nitrogen and oxygen atoms in total. The van der Waals surface area contributed by atoms with Crippen molar-refractivity contribution >= 4 is 28.3 Å². The molecule has 3 N–H and O–H groups in total. The van der Waals surface area contributed by atoms with Crippen LogP contribution in [0.1, 0.15) is 0 Å². The first kappa shape index (κ1) is 17.4. The minimum atomic E-state index is -0.305. The predicted molar refractivity (Wildman–Crippen MR) is 103 cm³/mol. The van der Waals surface area contributed by atoms with E-state index in [-0.39, 0.29) is 11.7 Å². The number of carbonyl (C=O) groups is 1. The lowest BCUT2D eigenvalue weighted by Gasteiger charge is -2.28. The number of nitrogens with zero attached hydrogens (tertiary/aromatic N) is 1. The molecule has 2 heterocycles. The summed E-state index contributed by atoms with van der Waals surface area (Å²) < 4.78 is 12.9. The van der Waals surface area contributed by atoms with E-state index < -0.39 is 0 Å². The number of amides is 1. The van der Waals surface area contributed by atoms with Gasteiger partial charge in [0.2, 0.25) is 0 Å². The SMILES string of the molecule is O=C(C[NH+]1CCN(c2ccc3ccccc3[nH+]2)CC1)Nc1ccc(F)cc1. The number of pyridine rings is 1. The molecule has 4 rings (SSSR count). The van der Waals surface area contributed by atoms with Gasteiger partial charge in [0, 0.05) is 17.1 Å². The molecule has 27 heavy (non-hydrogen) atoms.